The smallest absolute Gasteiger partial charge is 0.255 e. The molecule has 0 fully saturated rings. The molecule has 7 heteroatoms. The van der Waals surface area contributed by atoms with Crippen molar-refractivity contribution in [2.75, 3.05) is 32.7 Å². The number of benzene rings is 1. The summed E-state index contributed by atoms with van der Waals surface area (Å²) in [6.45, 7) is 15.5. The van der Waals surface area contributed by atoms with E-state index >= 15 is 0 Å². The average molecular weight is 555 g/mol. The summed E-state index contributed by atoms with van der Waals surface area (Å²) in [7, 11) is 0. The average Bonchev–Trinajstić information content (AvgIpc) is 2.90. The van der Waals surface area contributed by atoms with Crippen molar-refractivity contribution in [3.63, 3.8) is 0 Å². The monoisotopic (exact) mass is 554 g/mol. The van der Waals surface area contributed by atoms with Crippen molar-refractivity contribution < 1.29 is 24.3 Å². The van der Waals surface area contributed by atoms with Crippen LogP contribution in [0.1, 0.15) is 128 Å². The molecule has 6 nitrogen and oxygen atoms in total. The van der Waals surface area contributed by atoms with E-state index in [1.54, 1.807) is 0 Å². The first-order valence-corrected chi connectivity index (χ1v) is 15.4. The number of phenolic OH excluding ortho intramolecular Hbond substituents is 1. The number of carboxylic acid groups (broad SMARTS) is 1. The molecule has 1 rings (SSSR count). The molecular weight excluding hydrogens is 500 g/mol. The van der Waals surface area contributed by atoms with E-state index in [9.17, 15) is 19.8 Å². The highest BCUT2D eigenvalue weighted by atomic mass is 35.5. The highest BCUT2D eigenvalue weighted by Gasteiger charge is 2.24. The molecule has 1 aromatic rings. The van der Waals surface area contributed by atoms with Crippen LogP contribution in [0.4, 0.5) is 0 Å². The zero-order valence-electron chi connectivity index (χ0n) is 24.7. The van der Waals surface area contributed by atoms with E-state index in [-0.39, 0.29) is 23.6 Å². The molecule has 0 saturated heterocycles. The van der Waals surface area contributed by atoms with Crippen molar-refractivity contribution in [1.29, 1.82) is 0 Å². The predicted octanol–water partition coefficient (Wildman–Crippen LogP) is 6.87. The summed E-state index contributed by atoms with van der Waals surface area (Å²) in [6.07, 6.45) is 15.3. The number of carbonyl (C=O) groups is 2. The number of rotatable bonds is 21. The molecule has 1 aromatic carbocycles. The van der Waals surface area contributed by atoms with Crippen LogP contribution in [0.5, 0.6) is 5.75 Å². The minimum absolute atomic E-state index is 0.0980. The number of unbranched alkanes of at least 4 members (excludes halogenated alkanes) is 8. The number of amides is 1. The Kier molecular flexibility index (Phi) is 22.0. The molecule has 0 radical (unpaired) electrons. The summed E-state index contributed by atoms with van der Waals surface area (Å²) in [5, 5.41) is 22.9. The van der Waals surface area contributed by atoms with Gasteiger partial charge in [-0.2, -0.15) is 0 Å². The molecule has 0 aliphatic heterocycles. The molecule has 220 valence electrons. The summed E-state index contributed by atoms with van der Waals surface area (Å²) in [4.78, 5) is 22.0. The normalized spacial score (nSPS) is 11.1. The van der Waals surface area contributed by atoms with E-state index < -0.39 is 5.97 Å². The molecular formula is C31H55ClN2O4. The second kappa shape index (κ2) is 23.1. The third-order valence-corrected chi connectivity index (χ3v) is 7.23. The van der Waals surface area contributed by atoms with Gasteiger partial charge in [0.15, 0.2) is 0 Å². The second-order valence-corrected chi connectivity index (χ2v) is 10.9. The number of phenols is 1. The van der Waals surface area contributed by atoms with E-state index in [1.165, 1.54) is 100 Å². The number of halogens is 1. The Bertz CT molecular complexity index is 720. The molecule has 1 amide bonds. The van der Waals surface area contributed by atoms with Gasteiger partial charge in [-0.15, -0.1) is 0 Å². The van der Waals surface area contributed by atoms with Crippen LogP contribution in [-0.4, -0.2) is 54.2 Å². The zero-order valence-corrected chi connectivity index (χ0v) is 25.4. The van der Waals surface area contributed by atoms with Crippen molar-refractivity contribution in [1.82, 2.24) is 5.32 Å². The van der Waals surface area contributed by atoms with Gasteiger partial charge in [-0.1, -0.05) is 84.2 Å². The lowest BCUT2D eigenvalue weighted by atomic mass is 10.1. The first-order valence-electron chi connectivity index (χ1n) is 15.1. The van der Waals surface area contributed by atoms with Gasteiger partial charge in [-0.25, -0.2) is 0 Å². The van der Waals surface area contributed by atoms with E-state index in [2.05, 4.69) is 33.0 Å². The van der Waals surface area contributed by atoms with Crippen LogP contribution in [0.25, 0.3) is 0 Å². The molecule has 0 bridgehead atoms. The molecule has 38 heavy (non-hydrogen) atoms. The zero-order chi connectivity index (χ0) is 28.7. The summed E-state index contributed by atoms with van der Waals surface area (Å²) in [5.74, 6) is -1.46. The lowest BCUT2D eigenvalue weighted by molar-refractivity contribution is -0.929. The fourth-order valence-corrected chi connectivity index (χ4v) is 4.73. The molecule has 0 saturated carbocycles. The van der Waals surface area contributed by atoms with Crippen LogP contribution in [0.15, 0.2) is 18.2 Å². The Morgan fingerprint density at radius 1 is 0.789 bits per heavy atom. The van der Waals surface area contributed by atoms with E-state index in [0.717, 1.165) is 25.7 Å². The molecule has 0 unspecified atom stereocenters. The number of hydrogen-bond donors (Lipinski definition) is 2. The van der Waals surface area contributed by atoms with Crippen LogP contribution in [0.3, 0.4) is 0 Å². The van der Waals surface area contributed by atoms with Gasteiger partial charge < -0.3 is 24.8 Å². The molecule has 2 N–H and O–H groups in total. The number of nitrogens with one attached hydrogen (secondary N) is 1. The van der Waals surface area contributed by atoms with Gasteiger partial charge in [-0.3, -0.25) is 4.79 Å². The Hall–Kier alpha value is -1.79. The minimum atomic E-state index is -1.01. The predicted molar refractivity (Wildman–Crippen MR) is 158 cm³/mol. The molecule has 0 aliphatic carbocycles. The topological polar surface area (TPSA) is 89.5 Å². The lowest BCUT2D eigenvalue weighted by Crippen LogP contribution is -2.50. The minimum Gasteiger partial charge on any atom is -0.550 e. The number of aromatic hydroxyl groups is 1. The molecule has 0 atom stereocenters. The highest BCUT2D eigenvalue weighted by Crippen LogP contribution is 2.21. The molecule has 0 heterocycles. The first kappa shape index (κ1) is 36.2. The van der Waals surface area contributed by atoms with Crippen LogP contribution in [0.2, 0.25) is 5.02 Å². The van der Waals surface area contributed by atoms with Crippen molar-refractivity contribution in [2.24, 2.45) is 0 Å². The maximum atomic E-state index is 11.8. The van der Waals surface area contributed by atoms with Crippen molar-refractivity contribution in [3.8, 4) is 5.75 Å². The van der Waals surface area contributed by atoms with Gasteiger partial charge in [0.2, 0.25) is 0 Å². The quantitative estimate of drug-likeness (QED) is 0.128. The number of hydrogen-bond acceptors (Lipinski definition) is 4. The number of quaternary nitrogens is 1. The molecule has 0 aromatic heterocycles. The van der Waals surface area contributed by atoms with E-state index in [4.69, 9.17) is 11.6 Å². The SMILES string of the molecule is CCCC[N+](CCCC)(CCCC)CCCC.O=C([O-])CCCCCCCNC(=O)c1cc(Cl)ccc1O. The number of carbonyl (C=O) groups excluding carboxylic acids is 2. The number of carboxylic acids is 1. The van der Waals surface area contributed by atoms with Crippen LogP contribution in [-0.2, 0) is 4.79 Å². The van der Waals surface area contributed by atoms with Gasteiger partial charge in [-0.05, 0) is 63.1 Å². The van der Waals surface area contributed by atoms with Crippen molar-refractivity contribution >= 4 is 23.5 Å². The fraction of sp³-hybridized carbons (Fsp3) is 0.742. The third kappa shape index (κ3) is 17.7. The van der Waals surface area contributed by atoms with Gasteiger partial charge >= 0.3 is 0 Å². The van der Waals surface area contributed by atoms with Gasteiger partial charge in [0.25, 0.3) is 5.91 Å². The van der Waals surface area contributed by atoms with Gasteiger partial charge in [0.05, 0.1) is 31.7 Å². The maximum Gasteiger partial charge on any atom is 0.255 e. The van der Waals surface area contributed by atoms with E-state index in [1.807, 2.05) is 0 Å². The highest BCUT2D eigenvalue weighted by molar-refractivity contribution is 6.31. The number of nitrogens with zero attached hydrogens (tertiary/aromatic N) is 1. The van der Waals surface area contributed by atoms with Crippen molar-refractivity contribution in [2.45, 2.75) is 118 Å². The summed E-state index contributed by atoms with van der Waals surface area (Å²) in [5.41, 5.74) is 0.163. The maximum absolute atomic E-state index is 11.8. The summed E-state index contributed by atoms with van der Waals surface area (Å²) >= 11 is 5.78. The van der Waals surface area contributed by atoms with E-state index in [0.29, 0.717) is 18.0 Å². The number of aliphatic carboxylic acids is 1. The van der Waals surface area contributed by atoms with Crippen LogP contribution in [0, 0.1) is 0 Å². The summed E-state index contributed by atoms with van der Waals surface area (Å²) in [6, 6.07) is 4.32. The molecule has 0 spiro atoms. The standard InChI is InChI=1S/C16H36N.C15H20ClNO4/c1-5-9-13-17(14-10-6-2,15-11-7-3)16-12-8-4;16-11-7-8-13(18)12(10-11)15(21)17-9-5-3-1-2-4-6-14(19)20/h5-16H2,1-4H3;7-8,10,18H,1-6,9H2,(H,17,21)(H,19,20)/q+1;/p-1. The largest absolute Gasteiger partial charge is 0.550 e. The first-order chi connectivity index (χ1) is 18.2. The van der Waals surface area contributed by atoms with Crippen LogP contribution < -0.4 is 10.4 Å². The summed E-state index contributed by atoms with van der Waals surface area (Å²) < 4.78 is 1.42. The third-order valence-electron chi connectivity index (χ3n) is 6.99. The van der Waals surface area contributed by atoms with Crippen molar-refractivity contribution in [3.05, 3.63) is 28.8 Å². The lowest BCUT2D eigenvalue weighted by Gasteiger charge is -2.39. The second-order valence-electron chi connectivity index (χ2n) is 10.5. The van der Waals surface area contributed by atoms with Gasteiger partial charge in [0.1, 0.15) is 5.75 Å². The Morgan fingerprint density at radius 3 is 1.74 bits per heavy atom. The Labute approximate surface area is 237 Å². The Morgan fingerprint density at radius 2 is 1.26 bits per heavy atom. The molecule has 0 aliphatic rings. The Balaban J connectivity index is 0.000000739. The fourth-order valence-electron chi connectivity index (χ4n) is 4.56. The van der Waals surface area contributed by atoms with Crippen LogP contribution >= 0.6 is 11.6 Å². The van der Waals surface area contributed by atoms with Gasteiger partial charge in [0, 0.05) is 17.5 Å².